The monoisotopic (exact) mass is 340 g/mol. The molecule has 2 aromatic rings. The van der Waals surface area contributed by atoms with Gasteiger partial charge in [0.25, 0.3) is 0 Å². The second kappa shape index (κ2) is 6.43. The molecule has 0 N–H and O–H groups in total. The standard InChI is InChI=1S/C13H17BrN4S/c1-4-5-12-16-11(14)6-13(17-12)18(3)7-10-8-19-9(2)15-10/h6,8H,4-5,7H2,1-3H3. The van der Waals surface area contributed by atoms with Crippen molar-refractivity contribution in [1.29, 1.82) is 0 Å². The summed E-state index contributed by atoms with van der Waals surface area (Å²) in [6.45, 7) is 4.92. The molecule has 0 saturated heterocycles. The van der Waals surface area contributed by atoms with Gasteiger partial charge in [0.05, 0.1) is 17.2 Å². The normalized spacial score (nSPS) is 10.7. The van der Waals surface area contributed by atoms with Crippen LogP contribution in [0.5, 0.6) is 0 Å². The largest absolute Gasteiger partial charge is 0.354 e. The number of hydrogen-bond acceptors (Lipinski definition) is 5. The molecule has 0 aliphatic rings. The summed E-state index contributed by atoms with van der Waals surface area (Å²) in [5.41, 5.74) is 1.08. The van der Waals surface area contributed by atoms with Gasteiger partial charge in [0.1, 0.15) is 16.2 Å². The SMILES string of the molecule is CCCc1nc(Br)cc(N(C)Cc2csc(C)n2)n1. The molecular formula is C13H17BrN4S. The maximum atomic E-state index is 4.59. The van der Waals surface area contributed by atoms with Crippen molar-refractivity contribution in [2.75, 3.05) is 11.9 Å². The maximum absolute atomic E-state index is 4.59. The predicted octanol–water partition coefficient (Wildman–Crippen LogP) is 3.59. The summed E-state index contributed by atoms with van der Waals surface area (Å²) in [6, 6.07) is 1.94. The first kappa shape index (κ1) is 14.4. The van der Waals surface area contributed by atoms with Gasteiger partial charge >= 0.3 is 0 Å². The topological polar surface area (TPSA) is 41.9 Å². The molecule has 6 heteroatoms. The minimum Gasteiger partial charge on any atom is -0.354 e. The van der Waals surface area contributed by atoms with E-state index in [0.717, 1.165) is 46.3 Å². The summed E-state index contributed by atoms with van der Waals surface area (Å²) in [7, 11) is 2.03. The highest BCUT2D eigenvalue weighted by Gasteiger charge is 2.09. The summed E-state index contributed by atoms with van der Waals surface area (Å²) in [5.74, 6) is 1.81. The van der Waals surface area contributed by atoms with Gasteiger partial charge in [0, 0.05) is 24.9 Å². The fourth-order valence-corrected chi connectivity index (χ4v) is 2.80. The highest BCUT2D eigenvalue weighted by Crippen LogP contribution is 2.19. The van der Waals surface area contributed by atoms with Gasteiger partial charge in [-0.15, -0.1) is 11.3 Å². The first-order valence-electron chi connectivity index (χ1n) is 6.24. The van der Waals surface area contributed by atoms with E-state index in [9.17, 15) is 0 Å². The smallest absolute Gasteiger partial charge is 0.133 e. The molecule has 0 aliphatic carbocycles. The van der Waals surface area contributed by atoms with Crippen LogP contribution in [0, 0.1) is 6.92 Å². The van der Waals surface area contributed by atoms with Crippen LogP contribution in [-0.4, -0.2) is 22.0 Å². The van der Waals surface area contributed by atoms with Crippen molar-refractivity contribution in [2.24, 2.45) is 0 Å². The van der Waals surface area contributed by atoms with E-state index in [1.54, 1.807) is 11.3 Å². The van der Waals surface area contributed by atoms with Crippen LogP contribution in [0.15, 0.2) is 16.0 Å². The van der Waals surface area contributed by atoms with E-state index in [2.05, 4.69) is 48.1 Å². The average Bonchev–Trinajstić information content (AvgIpc) is 2.74. The fourth-order valence-electron chi connectivity index (χ4n) is 1.79. The molecule has 102 valence electrons. The number of anilines is 1. The molecule has 0 radical (unpaired) electrons. The minimum atomic E-state index is 0.763. The number of aromatic nitrogens is 3. The second-order valence-electron chi connectivity index (χ2n) is 4.43. The summed E-state index contributed by atoms with van der Waals surface area (Å²) < 4.78 is 0.835. The average molecular weight is 341 g/mol. The lowest BCUT2D eigenvalue weighted by Gasteiger charge is -2.17. The molecule has 0 spiro atoms. The Hall–Kier alpha value is -1.01. The van der Waals surface area contributed by atoms with Gasteiger partial charge in [0.15, 0.2) is 0 Å². The third-order valence-corrected chi connectivity index (χ3v) is 3.89. The molecule has 0 unspecified atom stereocenters. The Labute approximate surface area is 126 Å². The maximum Gasteiger partial charge on any atom is 0.133 e. The molecule has 2 heterocycles. The van der Waals surface area contributed by atoms with Crippen molar-refractivity contribution in [3.63, 3.8) is 0 Å². The van der Waals surface area contributed by atoms with Crippen LogP contribution in [0.25, 0.3) is 0 Å². The second-order valence-corrected chi connectivity index (χ2v) is 6.30. The van der Waals surface area contributed by atoms with Crippen LogP contribution in [-0.2, 0) is 13.0 Å². The van der Waals surface area contributed by atoms with Crippen molar-refractivity contribution < 1.29 is 0 Å². The summed E-state index contributed by atoms with van der Waals surface area (Å²) in [6.07, 6.45) is 1.95. The molecule has 0 atom stereocenters. The van der Waals surface area contributed by atoms with E-state index in [-0.39, 0.29) is 0 Å². The van der Waals surface area contributed by atoms with Gasteiger partial charge in [0.2, 0.25) is 0 Å². The Morgan fingerprint density at radius 1 is 1.32 bits per heavy atom. The lowest BCUT2D eigenvalue weighted by Crippen LogP contribution is -2.19. The molecule has 0 aliphatic heterocycles. The van der Waals surface area contributed by atoms with Crippen LogP contribution in [0.4, 0.5) is 5.82 Å². The molecule has 0 amide bonds. The summed E-state index contributed by atoms with van der Waals surface area (Å²) in [5, 5.41) is 3.19. The minimum absolute atomic E-state index is 0.763. The molecule has 2 rings (SSSR count). The van der Waals surface area contributed by atoms with Crippen LogP contribution in [0.3, 0.4) is 0 Å². The molecule has 2 aromatic heterocycles. The number of rotatable bonds is 5. The molecule has 19 heavy (non-hydrogen) atoms. The number of halogens is 1. The van der Waals surface area contributed by atoms with Crippen LogP contribution >= 0.6 is 27.3 Å². The van der Waals surface area contributed by atoms with Crippen LogP contribution < -0.4 is 4.90 Å². The van der Waals surface area contributed by atoms with Gasteiger partial charge in [-0.3, -0.25) is 0 Å². The first-order chi connectivity index (χ1) is 9.08. The van der Waals surface area contributed by atoms with Gasteiger partial charge < -0.3 is 4.90 Å². The molecule has 4 nitrogen and oxygen atoms in total. The van der Waals surface area contributed by atoms with Gasteiger partial charge in [-0.25, -0.2) is 15.0 Å². The first-order valence-corrected chi connectivity index (χ1v) is 7.91. The third kappa shape index (κ3) is 3.98. The van der Waals surface area contributed by atoms with E-state index >= 15 is 0 Å². The van der Waals surface area contributed by atoms with Crippen molar-refractivity contribution >= 4 is 33.1 Å². The predicted molar refractivity (Wildman–Crippen MR) is 82.7 cm³/mol. The van der Waals surface area contributed by atoms with Crippen molar-refractivity contribution in [3.8, 4) is 0 Å². The summed E-state index contributed by atoms with van der Waals surface area (Å²) >= 11 is 5.13. The zero-order valence-electron chi connectivity index (χ0n) is 11.4. The van der Waals surface area contributed by atoms with Crippen molar-refractivity contribution in [3.05, 3.63) is 32.6 Å². The lowest BCUT2D eigenvalue weighted by molar-refractivity contribution is 0.801. The van der Waals surface area contributed by atoms with E-state index in [1.165, 1.54) is 0 Å². The Morgan fingerprint density at radius 3 is 2.74 bits per heavy atom. The Balaban J connectivity index is 2.15. The molecule has 0 bridgehead atoms. The van der Waals surface area contributed by atoms with E-state index in [0.29, 0.717) is 0 Å². The lowest BCUT2D eigenvalue weighted by atomic mass is 10.3. The van der Waals surface area contributed by atoms with Crippen LogP contribution in [0.2, 0.25) is 0 Å². The van der Waals surface area contributed by atoms with Gasteiger partial charge in [-0.1, -0.05) is 6.92 Å². The third-order valence-electron chi connectivity index (χ3n) is 2.66. The zero-order valence-corrected chi connectivity index (χ0v) is 13.8. The number of nitrogens with zero attached hydrogens (tertiary/aromatic N) is 4. The van der Waals surface area contributed by atoms with Gasteiger partial charge in [-0.2, -0.15) is 0 Å². The molecule has 0 fully saturated rings. The van der Waals surface area contributed by atoms with Crippen molar-refractivity contribution in [2.45, 2.75) is 33.2 Å². The van der Waals surface area contributed by atoms with Crippen molar-refractivity contribution in [1.82, 2.24) is 15.0 Å². The Bertz CT molecular complexity index is 555. The molecule has 0 saturated carbocycles. The Morgan fingerprint density at radius 2 is 2.11 bits per heavy atom. The number of hydrogen-bond donors (Lipinski definition) is 0. The van der Waals surface area contributed by atoms with E-state index in [1.807, 2.05) is 20.0 Å². The molecule has 0 aromatic carbocycles. The number of thiazole rings is 1. The highest BCUT2D eigenvalue weighted by atomic mass is 79.9. The van der Waals surface area contributed by atoms with E-state index < -0.39 is 0 Å². The summed E-state index contributed by atoms with van der Waals surface area (Å²) in [4.78, 5) is 15.5. The zero-order chi connectivity index (χ0) is 13.8. The highest BCUT2D eigenvalue weighted by molar-refractivity contribution is 9.10. The molecular weight excluding hydrogens is 324 g/mol. The van der Waals surface area contributed by atoms with E-state index in [4.69, 9.17) is 0 Å². The fraction of sp³-hybridized carbons (Fsp3) is 0.462. The van der Waals surface area contributed by atoms with Crippen LogP contribution in [0.1, 0.15) is 29.9 Å². The Kier molecular flexibility index (Phi) is 4.87. The quantitative estimate of drug-likeness (QED) is 0.780. The number of aryl methyl sites for hydroxylation is 2. The van der Waals surface area contributed by atoms with Gasteiger partial charge in [-0.05, 0) is 29.3 Å².